The average Bonchev–Trinajstić information content (AvgIpc) is 2.54. The lowest BCUT2D eigenvalue weighted by atomic mass is 10.2. The van der Waals surface area contributed by atoms with Crippen LogP contribution in [0.15, 0.2) is 71.3 Å². The molecule has 23 heavy (non-hydrogen) atoms. The molecule has 0 heterocycles. The van der Waals surface area contributed by atoms with Crippen LogP contribution in [0.4, 0.5) is 0 Å². The third-order valence-electron chi connectivity index (χ3n) is 3.08. The number of aryl methyl sites for hydroxylation is 1. The van der Waals surface area contributed by atoms with Crippen molar-refractivity contribution in [3.63, 3.8) is 0 Å². The Morgan fingerprint density at radius 2 is 1.74 bits per heavy atom. The molecule has 0 aromatic heterocycles. The number of sulfone groups is 1. The van der Waals surface area contributed by atoms with Crippen LogP contribution in [0.1, 0.15) is 11.1 Å². The molecule has 2 aromatic rings. The number of nitrogens with one attached hydrogen (secondary N) is 1. The van der Waals surface area contributed by atoms with Gasteiger partial charge >= 0.3 is 0 Å². The van der Waals surface area contributed by atoms with Crippen LogP contribution in [-0.4, -0.2) is 20.2 Å². The minimum atomic E-state index is -3.54. The van der Waals surface area contributed by atoms with E-state index < -0.39 is 21.6 Å². The van der Waals surface area contributed by atoms with Crippen LogP contribution in [0.5, 0.6) is 0 Å². The van der Waals surface area contributed by atoms with Crippen molar-refractivity contribution in [1.82, 2.24) is 5.32 Å². The zero-order chi connectivity index (χ0) is 16.7. The lowest BCUT2D eigenvalue weighted by Crippen LogP contribution is -2.28. The highest BCUT2D eigenvalue weighted by atomic mass is 32.2. The third kappa shape index (κ3) is 5.25. The minimum Gasteiger partial charge on any atom is -0.338 e. The van der Waals surface area contributed by atoms with Crippen LogP contribution in [0.25, 0.3) is 6.08 Å². The van der Waals surface area contributed by atoms with Crippen molar-refractivity contribution in [2.75, 3.05) is 5.88 Å². The molecule has 118 valence electrons. The number of rotatable bonds is 5. The molecule has 1 amide bonds. The summed E-state index contributed by atoms with van der Waals surface area (Å²) in [6.45, 7) is 1.88. The molecule has 5 heteroatoms. The summed E-state index contributed by atoms with van der Waals surface area (Å²) in [7, 11) is -3.54. The van der Waals surface area contributed by atoms with Crippen molar-refractivity contribution >= 4 is 21.8 Å². The average molecular weight is 327 g/mol. The van der Waals surface area contributed by atoms with E-state index in [4.69, 9.17) is 0 Å². The number of benzene rings is 2. The standard InChI is InChI=1S/C18H17NO3S/c1-15-10-12-17(13-11-15)23(21,22)14-19-18(20)9-5-8-16-6-3-2-4-7-16/h2-4,6-13H,14H2,1H3,(H,19,20). The first kappa shape index (κ1) is 16.7. The van der Waals surface area contributed by atoms with E-state index in [9.17, 15) is 13.2 Å². The lowest BCUT2D eigenvalue weighted by Gasteiger charge is -2.05. The number of hydrogen-bond acceptors (Lipinski definition) is 3. The summed E-state index contributed by atoms with van der Waals surface area (Å²) in [5.74, 6) is -0.953. The molecule has 0 aliphatic rings. The van der Waals surface area contributed by atoms with Crippen LogP contribution in [0.2, 0.25) is 0 Å². The summed E-state index contributed by atoms with van der Waals surface area (Å²) >= 11 is 0. The van der Waals surface area contributed by atoms with Crippen LogP contribution < -0.4 is 5.32 Å². The SMILES string of the molecule is Cc1ccc(S(=O)(=O)CNC(=O)C=C=Cc2ccccc2)cc1. The molecule has 0 saturated heterocycles. The van der Waals surface area contributed by atoms with Crippen molar-refractivity contribution < 1.29 is 13.2 Å². The fourth-order valence-electron chi connectivity index (χ4n) is 1.81. The van der Waals surface area contributed by atoms with Gasteiger partial charge in [-0.15, -0.1) is 5.73 Å². The highest BCUT2D eigenvalue weighted by Crippen LogP contribution is 2.11. The quantitative estimate of drug-likeness (QED) is 0.678. The molecule has 0 bridgehead atoms. The zero-order valence-electron chi connectivity index (χ0n) is 12.7. The van der Waals surface area contributed by atoms with Crippen molar-refractivity contribution in [2.45, 2.75) is 11.8 Å². The second-order valence-corrected chi connectivity index (χ2v) is 6.97. The van der Waals surface area contributed by atoms with Gasteiger partial charge in [-0.2, -0.15) is 0 Å². The van der Waals surface area contributed by atoms with Gasteiger partial charge in [-0.3, -0.25) is 4.79 Å². The lowest BCUT2D eigenvalue weighted by molar-refractivity contribution is -0.116. The highest BCUT2D eigenvalue weighted by Gasteiger charge is 2.14. The van der Waals surface area contributed by atoms with Crippen molar-refractivity contribution in [3.05, 3.63) is 77.5 Å². The van der Waals surface area contributed by atoms with E-state index in [-0.39, 0.29) is 4.90 Å². The van der Waals surface area contributed by atoms with Gasteiger partial charge in [0.05, 0.1) is 4.90 Å². The van der Waals surface area contributed by atoms with Gasteiger partial charge in [0.15, 0.2) is 9.84 Å². The van der Waals surface area contributed by atoms with Crippen molar-refractivity contribution in [3.8, 4) is 0 Å². The Bertz CT molecular complexity index is 832. The Labute approximate surface area is 136 Å². The molecule has 0 aliphatic heterocycles. The van der Waals surface area contributed by atoms with Gasteiger partial charge in [0.2, 0.25) is 0 Å². The number of hydrogen-bond donors (Lipinski definition) is 1. The maximum Gasteiger partial charge on any atom is 0.252 e. The molecule has 2 aromatic carbocycles. The van der Waals surface area contributed by atoms with Crippen LogP contribution in [0.3, 0.4) is 0 Å². The van der Waals surface area contributed by atoms with E-state index in [2.05, 4.69) is 11.0 Å². The molecule has 2 rings (SSSR count). The second-order valence-electron chi connectivity index (χ2n) is 4.98. The summed E-state index contributed by atoms with van der Waals surface area (Å²) in [5, 5.41) is 2.36. The molecule has 0 saturated carbocycles. The van der Waals surface area contributed by atoms with Crippen molar-refractivity contribution in [2.24, 2.45) is 0 Å². The first-order valence-electron chi connectivity index (χ1n) is 7.02. The first-order chi connectivity index (χ1) is 11.0. The maximum atomic E-state index is 12.1. The predicted molar refractivity (Wildman–Crippen MR) is 90.4 cm³/mol. The van der Waals surface area contributed by atoms with Crippen LogP contribution in [0, 0.1) is 6.92 Å². The Morgan fingerprint density at radius 1 is 1.09 bits per heavy atom. The van der Waals surface area contributed by atoms with Crippen LogP contribution in [-0.2, 0) is 14.6 Å². The summed E-state index contributed by atoms with van der Waals surface area (Å²) in [6, 6.07) is 15.9. The Kier molecular flexibility index (Phi) is 5.52. The Balaban J connectivity index is 1.96. The molecule has 0 unspecified atom stereocenters. The predicted octanol–water partition coefficient (Wildman–Crippen LogP) is 2.71. The van der Waals surface area contributed by atoms with Gasteiger partial charge in [0.1, 0.15) is 5.88 Å². The van der Waals surface area contributed by atoms with E-state index in [0.717, 1.165) is 11.1 Å². The molecule has 0 atom stereocenters. The Morgan fingerprint density at radius 3 is 2.39 bits per heavy atom. The van der Waals surface area contributed by atoms with Gasteiger partial charge in [0.25, 0.3) is 5.91 Å². The molecule has 0 radical (unpaired) electrons. The normalized spacial score (nSPS) is 10.5. The summed E-state index contributed by atoms with van der Waals surface area (Å²) in [6.07, 6.45) is 2.83. The van der Waals surface area contributed by atoms with E-state index in [1.165, 1.54) is 18.2 Å². The Hall–Kier alpha value is -2.62. The largest absolute Gasteiger partial charge is 0.338 e. The molecular formula is C18H17NO3S. The van der Waals surface area contributed by atoms with E-state index in [1.807, 2.05) is 37.3 Å². The molecule has 4 nitrogen and oxygen atoms in total. The summed E-state index contributed by atoms with van der Waals surface area (Å²) in [4.78, 5) is 11.8. The maximum absolute atomic E-state index is 12.1. The van der Waals surface area contributed by atoms with Crippen molar-refractivity contribution in [1.29, 1.82) is 0 Å². The fourth-order valence-corrected chi connectivity index (χ4v) is 2.86. The fraction of sp³-hybridized carbons (Fsp3) is 0.111. The monoisotopic (exact) mass is 327 g/mol. The third-order valence-corrected chi connectivity index (χ3v) is 4.60. The zero-order valence-corrected chi connectivity index (χ0v) is 13.5. The topological polar surface area (TPSA) is 63.2 Å². The molecule has 0 fully saturated rings. The summed E-state index contributed by atoms with van der Waals surface area (Å²) in [5.41, 5.74) is 4.61. The number of carbonyl (C=O) groups is 1. The van der Waals surface area contributed by atoms with Gasteiger partial charge in [0, 0.05) is 6.08 Å². The summed E-state index contributed by atoms with van der Waals surface area (Å²) < 4.78 is 24.2. The molecule has 0 spiro atoms. The van der Waals surface area contributed by atoms with Gasteiger partial charge in [-0.05, 0) is 30.7 Å². The minimum absolute atomic E-state index is 0.187. The first-order valence-corrected chi connectivity index (χ1v) is 8.67. The van der Waals surface area contributed by atoms with Gasteiger partial charge in [-0.25, -0.2) is 8.42 Å². The van der Waals surface area contributed by atoms with Crippen LogP contribution >= 0.6 is 0 Å². The smallest absolute Gasteiger partial charge is 0.252 e. The number of amides is 1. The molecule has 0 aliphatic carbocycles. The molecule has 1 N–H and O–H groups in total. The van der Waals surface area contributed by atoms with E-state index in [0.29, 0.717) is 0 Å². The van der Waals surface area contributed by atoms with Gasteiger partial charge < -0.3 is 5.32 Å². The second kappa shape index (κ2) is 7.58. The van der Waals surface area contributed by atoms with E-state index in [1.54, 1.807) is 18.2 Å². The number of carbonyl (C=O) groups excluding carboxylic acids is 1. The highest BCUT2D eigenvalue weighted by molar-refractivity contribution is 7.91. The molecular weight excluding hydrogens is 310 g/mol. The van der Waals surface area contributed by atoms with E-state index >= 15 is 0 Å². The van der Waals surface area contributed by atoms with Gasteiger partial charge in [-0.1, -0.05) is 48.0 Å².